The number of nitrogens with one attached hydrogen (secondary N) is 1. The zero-order chi connectivity index (χ0) is 13.5. The maximum atomic E-state index is 11.9. The minimum absolute atomic E-state index is 0.00883. The molecule has 0 aromatic heterocycles. The molecule has 1 fully saturated rings. The molecule has 5 nitrogen and oxygen atoms in total. The van der Waals surface area contributed by atoms with Crippen LogP contribution in [-0.4, -0.2) is 49.1 Å². The van der Waals surface area contributed by atoms with Crippen LogP contribution in [0.4, 0.5) is 0 Å². The highest BCUT2D eigenvalue weighted by Crippen LogP contribution is 2.06. The summed E-state index contributed by atoms with van der Waals surface area (Å²) < 4.78 is 5.35. The molecule has 1 N–H and O–H groups in total. The Labute approximate surface area is 109 Å². The summed E-state index contributed by atoms with van der Waals surface area (Å²) in [6.07, 6.45) is 2.04. The first kappa shape index (κ1) is 15.0. The third-order valence-electron chi connectivity index (χ3n) is 3.43. The highest BCUT2D eigenvalue weighted by atomic mass is 16.5. The summed E-state index contributed by atoms with van der Waals surface area (Å²) in [5, 5.41) is 2.73. The maximum Gasteiger partial charge on any atom is 0.312 e. The second-order valence-corrected chi connectivity index (χ2v) is 4.83. The van der Waals surface area contributed by atoms with Gasteiger partial charge in [-0.2, -0.15) is 0 Å². The van der Waals surface area contributed by atoms with E-state index in [0.29, 0.717) is 32.2 Å². The van der Waals surface area contributed by atoms with Gasteiger partial charge >= 0.3 is 11.8 Å². The molecule has 1 atom stereocenters. The van der Waals surface area contributed by atoms with Crippen LogP contribution in [0.3, 0.4) is 0 Å². The Morgan fingerprint density at radius 3 is 2.61 bits per heavy atom. The third kappa shape index (κ3) is 4.29. The van der Waals surface area contributed by atoms with Crippen LogP contribution in [0.1, 0.15) is 33.6 Å². The van der Waals surface area contributed by atoms with Gasteiger partial charge in [-0.05, 0) is 12.8 Å². The van der Waals surface area contributed by atoms with Crippen LogP contribution < -0.4 is 5.32 Å². The fourth-order valence-electron chi connectivity index (χ4n) is 2.04. The van der Waals surface area contributed by atoms with Crippen molar-refractivity contribution in [2.24, 2.45) is 5.92 Å². The lowest BCUT2D eigenvalue weighted by atomic mass is 10.0. The topological polar surface area (TPSA) is 58.6 Å². The van der Waals surface area contributed by atoms with Gasteiger partial charge in [0.2, 0.25) is 0 Å². The normalized spacial score (nSPS) is 20.0. The number of morpholine rings is 1. The van der Waals surface area contributed by atoms with Crippen molar-refractivity contribution in [2.45, 2.75) is 39.7 Å². The third-order valence-corrected chi connectivity index (χ3v) is 3.43. The first-order valence-corrected chi connectivity index (χ1v) is 6.77. The Hall–Kier alpha value is -1.10. The van der Waals surface area contributed by atoms with Gasteiger partial charge in [0.1, 0.15) is 0 Å². The Morgan fingerprint density at radius 2 is 2.06 bits per heavy atom. The number of rotatable bonds is 4. The highest BCUT2D eigenvalue weighted by molar-refractivity contribution is 6.35. The van der Waals surface area contributed by atoms with Gasteiger partial charge in [0.05, 0.1) is 12.7 Å². The quantitative estimate of drug-likeness (QED) is 0.756. The van der Waals surface area contributed by atoms with Crippen molar-refractivity contribution < 1.29 is 14.3 Å². The predicted molar refractivity (Wildman–Crippen MR) is 69.1 cm³/mol. The van der Waals surface area contributed by atoms with Gasteiger partial charge in [0, 0.05) is 19.6 Å². The van der Waals surface area contributed by atoms with Crippen molar-refractivity contribution in [2.75, 3.05) is 26.2 Å². The molecule has 0 bridgehead atoms. The molecule has 2 amide bonds. The molecule has 0 spiro atoms. The first-order valence-electron chi connectivity index (χ1n) is 6.77. The van der Waals surface area contributed by atoms with E-state index >= 15 is 0 Å². The summed E-state index contributed by atoms with van der Waals surface area (Å²) in [6.45, 7) is 8.17. The zero-order valence-electron chi connectivity index (χ0n) is 11.6. The fraction of sp³-hybridized carbons (Fsp3) is 0.846. The molecule has 0 aromatic rings. The second-order valence-electron chi connectivity index (χ2n) is 4.83. The summed E-state index contributed by atoms with van der Waals surface area (Å²) in [5.74, 6) is -0.475. The number of carbonyl (C=O) groups is 2. The van der Waals surface area contributed by atoms with E-state index in [2.05, 4.69) is 19.2 Å². The molecular formula is C13H24N2O3. The van der Waals surface area contributed by atoms with Crippen LogP contribution in [0.2, 0.25) is 0 Å². The smallest absolute Gasteiger partial charge is 0.312 e. The molecule has 1 saturated heterocycles. The molecule has 104 valence electrons. The molecule has 0 aromatic carbocycles. The lowest BCUT2D eigenvalue weighted by Crippen LogP contribution is -2.50. The van der Waals surface area contributed by atoms with E-state index in [1.165, 1.54) is 0 Å². The lowest BCUT2D eigenvalue weighted by molar-refractivity contribution is -0.150. The van der Waals surface area contributed by atoms with E-state index in [-0.39, 0.29) is 6.10 Å². The monoisotopic (exact) mass is 256 g/mol. The standard InChI is InChI=1S/C13H24N2O3/c1-4-11(5-2)8-14-12(16)13(17)15-6-7-18-10(3)9-15/h10-11H,4-9H2,1-3H3,(H,14,16)/t10-/m1/s1. The molecular weight excluding hydrogens is 232 g/mol. The number of nitrogens with zero attached hydrogens (tertiary/aromatic N) is 1. The fourth-order valence-corrected chi connectivity index (χ4v) is 2.04. The number of carbonyl (C=O) groups excluding carboxylic acids is 2. The Balaban J connectivity index is 2.38. The van der Waals surface area contributed by atoms with Crippen molar-refractivity contribution in [3.8, 4) is 0 Å². The molecule has 0 saturated carbocycles. The van der Waals surface area contributed by atoms with Crippen molar-refractivity contribution in [3.63, 3.8) is 0 Å². The van der Waals surface area contributed by atoms with E-state index in [9.17, 15) is 9.59 Å². The van der Waals surface area contributed by atoms with Gasteiger partial charge in [-0.25, -0.2) is 0 Å². The molecule has 1 aliphatic rings. The van der Waals surface area contributed by atoms with Crippen LogP contribution in [0, 0.1) is 5.92 Å². The highest BCUT2D eigenvalue weighted by Gasteiger charge is 2.26. The van der Waals surface area contributed by atoms with E-state index in [1.807, 2.05) is 6.92 Å². The van der Waals surface area contributed by atoms with E-state index < -0.39 is 11.8 Å². The largest absolute Gasteiger partial charge is 0.375 e. The van der Waals surface area contributed by atoms with E-state index in [1.54, 1.807) is 4.90 Å². The minimum Gasteiger partial charge on any atom is -0.375 e. The lowest BCUT2D eigenvalue weighted by Gasteiger charge is -2.30. The molecule has 0 unspecified atom stereocenters. The molecule has 1 rings (SSSR count). The van der Waals surface area contributed by atoms with Crippen molar-refractivity contribution in [1.29, 1.82) is 0 Å². The minimum atomic E-state index is -0.490. The number of amides is 2. The average Bonchev–Trinajstić information content (AvgIpc) is 2.38. The molecule has 18 heavy (non-hydrogen) atoms. The molecule has 0 aliphatic carbocycles. The number of hydrogen-bond acceptors (Lipinski definition) is 3. The summed E-state index contributed by atoms with van der Waals surface area (Å²) in [7, 11) is 0. The summed E-state index contributed by atoms with van der Waals surface area (Å²) in [5.41, 5.74) is 0. The predicted octanol–water partition coefficient (Wildman–Crippen LogP) is 0.786. The molecule has 0 radical (unpaired) electrons. The Bertz CT molecular complexity index is 290. The zero-order valence-corrected chi connectivity index (χ0v) is 11.6. The Kier molecular flexibility index (Phi) is 6.12. The molecule has 1 heterocycles. The van der Waals surface area contributed by atoms with Crippen LogP contribution in [0.5, 0.6) is 0 Å². The molecule has 1 aliphatic heterocycles. The Morgan fingerprint density at radius 1 is 1.39 bits per heavy atom. The maximum absolute atomic E-state index is 11.9. The van der Waals surface area contributed by atoms with Crippen molar-refractivity contribution in [1.82, 2.24) is 10.2 Å². The average molecular weight is 256 g/mol. The van der Waals surface area contributed by atoms with Gasteiger partial charge in [0.15, 0.2) is 0 Å². The van der Waals surface area contributed by atoms with Gasteiger partial charge in [-0.15, -0.1) is 0 Å². The summed E-state index contributed by atoms with van der Waals surface area (Å²) >= 11 is 0. The van der Waals surface area contributed by atoms with E-state index in [0.717, 1.165) is 12.8 Å². The number of hydrogen-bond donors (Lipinski definition) is 1. The molecule has 5 heteroatoms. The van der Waals surface area contributed by atoms with Crippen LogP contribution in [0.25, 0.3) is 0 Å². The number of ether oxygens (including phenoxy) is 1. The van der Waals surface area contributed by atoms with Gasteiger partial charge in [0.25, 0.3) is 0 Å². The van der Waals surface area contributed by atoms with Crippen molar-refractivity contribution >= 4 is 11.8 Å². The van der Waals surface area contributed by atoms with Crippen LogP contribution in [0.15, 0.2) is 0 Å². The summed E-state index contributed by atoms with van der Waals surface area (Å²) in [6, 6.07) is 0. The van der Waals surface area contributed by atoms with E-state index in [4.69, 9.17) is 4.74 Å². The van der Waals surface area contributed by atoms with Gasteiger partial charge < -0.3 is 15.0 Å². The summed E-state index contributed by atoms with van der Waals surface area (Å²) in [4.78, 5) is 25.2. The van der Waals surface area contributed by atoms with Crippen molar-refractivity contribution in [3.05, 3.63) is 0 Å². The van der Waals surface area contributed by atoms with Crippen LogP contribution in [-0.2, 0) is 14.3 Å². The first-order chi connectivity index (χ1) is 8.58. The van der Waals surface area contributed by atoms with Gasteiger partial charge in [-0.1, -0.05) is 26.7 Å². The second kappa shape index (κ2) is 7.36. The SMILES string of the molecule is CCC(CC)CNC(=O)C(=O)N1CCO[C@H](C)C1. The van der Waals surface area contributed by atoms with Gasteiger partial charge in [-0.3, -0.25) is 9.59 Å². The van der Waals surface area contributed by atoms with Crippen LogP contribution >= 0.6 is 0 Å².